The van der Waals surface area contributed by atoms with Crippen molar-refractivity contribution in [2.45, 2.75) is 58.1 Å². The van der Waals surface area contributed by atoms with Gasteiger partial charge < -0.3 is 9.64 Å². The Bertz CT molecular complexity index is 641. The van der Waals surface area contributed by atoms with Gasteiger partial charge in [-0.05, 0) is 50.7 Å². The van der Waals surface area contributed by atoms with Gasteiger partial charge in [0.1, 0.15) is 0 Å². The van der Waals surface area contributed by atoms with Crippen molar-refractivity contribution in [2.24, 2.45) is 5.92 Å². The molecule has 0 spiro atoms. The van der Waals surface area contributed by atoms with Gasteiger partial charge in [0.05, 0.1) is 5.60 Å². The summed E-state index contributed by atoms with van der Waals surface area (Å²) in [5.74, 6) is -0.869. The quantitative estimate of drug-likeness (QED) is 0.765. The van der Waals surface area contributed by atoms with Crippen LogP contribution in [0.1, 0.15) is 46.1 Å². The second-order valence-electron chi connectivity index (χ2n) is 9.08. The van der Waals surface area contributed by atoms with Crippen LogP contribution in [0.3, 0.4) is 0 Å². The third-order valence-corrected chi connectivity index (χ3v) is 6.57. The Kier molecular flexibility index (Phi) is 6.24. The summed E-state index contributed by atoms with van der Waals surface area (Å²) in [6.45, 7) is 14.7. The van der Waals surface area contributed by atoms with Gasteiger partial charge in [-0.2, -0.15) is 0 Å². The summed E-state index contributed by atoms with van der Waals surface area (Å²) in [5, 5.41) is 0. The standard InChI is InChI=1S/C22H34F2N2O/c1-17(2)22(9-15-27-21(3,4)16-22)26-13-11-25(12-14-26)10-8-18-6-5-7-19(23)20(18)24/h5-7,17H,8-16H2,1-4H3. The number of piperazine rings is 1. The van der Waals surface area contributed by atoms with E-state index < -0.39 is 11.6 Å². The van der Waals surface area contributed by atoms with Gasteiger partial charge >= 0.3 is 0 Å². The molecule has 0 aliphatic carbocycles. The molecular formula is C22H34F2N2O. The van der Waals surface area contributed by atoms with Crippen molar-refractivity contribution in [3.05, 3.63) is 35.4 Å². The highest BCUT2D eigenvalue weighted by Crippen LogP contribution is 2.41. The maximum absolute atomic E-state index is 13.9. The fraction of sp³-hybridized carbons (Fsp3) is 0.727. The van der Waals surface area contributed by atoms with Gasteiger partial charge in [-0.15, -0.1) is 0 Å². The highest BCUT2D eigenvalue weighted by Gasteiger charge is 2.47. The maximum Gasteiger partial charge on any atom is 0.162 e. The molecule has 1 aromatic carbocycles. The Labute approximate surface area is 162 Å². The molecule has 5 heteroatoms. The molecular weight excluding hydrogens is 346 g/mol. The molecule has 2 aliphatic heterocycles. The van der Waals surface area contributed by atoms with Gasteiger partial charge in [0.2, 0.25) is 0 Å². The van der Waals surface area contributed by atoms with Crippen LogP contribution in [-0.2, 0) is 11.2 Å². The molecule has 2 heterocycles. The van der Waals surface area contributed by atoms with Crippen LogP contribution in [0.2, 0.25) is 0 Å². The molecule has 27 heavy (non-hydrogen) atoms. The van der Waals surface area contributed by atoms with E-state index in [1.54, 1.807) is 12.1 Å². The van der Waals surface area contributed by atoms with Crippen LogP contribution in [0.5, 0.6) is 0 Å². The van der Waals surface area contributed by atoms with Gasteiger partial charge in [0.25, 0.3) is 0 Å². The van der Waals surface area contributed by atoms with E-state index in [-0.39, 0.29) is 11.1 Å². The first-order valence-electron chi connectivity index (χ1n) is 10.3. The third kappa shape index (κ3) is 4.52. The lowest BCUT2D eigenvalue weighted by atomic mass is 9.72. The van der Waals surface area contributed by atoms with E-state index in [0.29, 0.717) is 17.9 Å². The van der Waals surface area contributed by atoms with Gasteiger partial charge in [0.15, 0.2) is 11.6 Å². The van der Waals surface area contributed by atoms with E-state index in [4.69, 9.17) is 4.74 Å². The first kappa shape index (κ1) is 20.7. The van der Waals surface area contributed by atoms with Gasteiger partial charge in [-0.25, -0.2) is 8.78 Å². The molecule has 0 aromatic heterocycles. The Balaban J connectivity index is 1.58. The normalized spacial score (nSPS) is 27.2. The molecule has 0 radical (unpaired) electrons. The average molecular weight is 381 g/mol. The van der Waals surface area contributed by atoms with Crippen molar-refractivity contribution in [3.63, 3.8) is 0 Å². The second kappa shape index (κ2) is 8.14. The molecule has 1 atom stereocenters. The average Bonchev–Trinajstić information content (AvgIpc) is 2.62. The number of rotatable bonds is 5. The summed E-state index contributed by atoms with van der Waals surface area (Å²) in [6.07, 6.45) is 2.70. The molecule has 0 saturated carbocycles. The lowest BCUT2D eigenvalue weighted by Gasteiger charge is -2.55. The van der Waals surface area contributed by atoms with Crippen molar-refractivity contribution in [2.75, 3.05) is 39.3 Å². The lowest BCUT2D eigenvalue weighted by molar-refractivity contribution is -0.142. The van der Waals surface area contributed by atoms with E-state index >= 15 is 0 Å². The first-order valence-corrected chi connectivity index (χ1v) is 10.3. The molecule has 2 saturated heterocycles. The molecule has 152 valence electrons. The SMILES string of the molecule is CC(C)C1(N2CCN(CCc3cccc(F)c3F)CC2)CCOC(C)(C)C1. The topological polar surface area (TPSA) is 15.7 Å². The van der Waals surface area contributed by atoms with E-state index in [1.165, 1.54) is 6.07 Å². The number of halogens is 2. The van der Waals surface area contributed by atoms with Crippen molar-refractivity contribution >= 4 is 0 Å². The zero-order chi connectivity index (χ0) is 19.7. The van der Waals surface area contributed by atoms with Crippen LogP contribution in [0.4, 0.5) is 8.78 Å². The highest BCUT2D eigenvalue weighted by molar-refractivity contribution is 5.19. The lowest BCUT2D eigenvalue weighted by Crippen LogP contribution is -2.63. The predicted octanol–water partition coefficient (Wildman–Crippen LogP) is 4.11. The summed E-state index contributed by atoms with van der Waals surface area (Å²) in [5.41, 5.74) is 0.596. The van der Waals surface area contributed by atoms with E-state index in [1.807, 2.05) is 0 Å². The smallest absolute Gasteiger partial charge is 0.162 e. The Morgan fingerprint density at radius 1 is 1.11 bits per heavy atom. The molecule has 1 aromatic rings. The largest absolute Gasteiger partial charge is 0.375 e. The predicted molar refractivity (Wildman–Crippen MR) is 105 cm³/mol. The van der Waals surface area contributed by atoms with Gasteiger partial charge in [0, 0.05) is 44.9 Å². The van der Waals surface area contributed by atoms with Crippen LogP contribution < -0.4 is 0 Å². The summed E-state index contributed by atoms with van der Waals surface area (Å²) < 4.78 is 33.2. The molecule has 0 amide bonds. The van der Waals surface area contributed by atoms with Crippen LogP contribution in [0.15, 0.2) is 18.2 Å². The third-order valence-electron chi connectivity index (χ3n) is 6.57. The maximum atomic E-state index is 13.9. The summed E-state index contributed by atoms with van der Waals surface area (Å²) in [6, 6.07) is 4.45. The Hall–Kier alpha value is -1.04. The minimum atomic E-state index is -0.752. The van der Waals surface area contributed by atoms with Crippen LogP contribution >= 0.6 is 0 Å². The highest BCUT2D eigenvalue weighted by atomic mass is 19.2. The number of ether oxygens (including phenoxy) is 1. The minimum Gasteiger partial charge on any atom is -0.375 e. The summed E-state index contributed by atoms with van der Waals surface area (Å²) in [4.78, 5) is 5.04. The molecule has 2 fully saturated rings. The van der Waals surface area contributed by atoms with Crippen molar-refractivity contribution in [3.8, 4) is 0 Å². The zero-order valence-corrected chi connectivity index (χ0v) is 17.2. The summed E-state index contributed by atoms with van der Waals surface area (Å²) >= 11 is 0. The number of nitrogens with zero attached hydrogens (tertiary/aromatic N) is 2. The van der Waals surface area contributed by atoms with Crippen molar-refractivity contribution in [1.29, 1.82) is 0 Å². The number of hydrogen-bond acceptors (Lipinski definition) is 3. The van der Waals surface area contributed by atoms with E-state index in [2.05, 4.69) is 37.5 Å². The second-order valence-corrected chi connectivity index (χ2v) is 9.08. The van der Waals surface area contributed by atoms with Crippen molar-refractivity contribution in [1.82, 2.24) is 9.80 Å². The number of benzene rings is 1. The molecule has 3 nitrogen and oxygen atoms in total. The van der Waals surface area contributed by atoms with Crippen LogP contribution in [0, 0.1) is 17.6 Å². The fourth-order valence-corrected chi connectivity index (χ4v) is 4.95. The monoisotopic (exact) mass is 380 g/mol. The minimum absolute atomic E-state index is 0.0748. The molecule has 0 bridgehead atoms. The number of hydrogen-bond donors (Lipinski definition) is 0. The van der Waals surface area contributed by atoms with Crippen LogP contribution in [0.25, 0.3) is 0 Å². The molecule has 3 rings (SSSR count). The summed E-state index contributed by atoms with van der Waals surface area (Å²) in [7, 11) is 0. The molecule has 0 N–H and O–H groups in total. The Morgan fingerprint density at radius 3 is 2.44 bits per heavy atom. The van der Waals surface area contributed by atoms with Gasteiger partial charge in [-0.1, -0.05) is 26.0 Å². The fourth-order valence-electron chi connectivity index (χ4n) is 4.95. The molecule has 1 unspecified atom stereocenters. The van der Waals surface area contributed by atoms with Crippen molar-refractivity contribution < 1.29 is 13.5 Å². The first-order chi connectivity index (χ1) is 12.7. The van der Waals surface area contributed by atoms with Gasteiger partial charge in [-0.3, -0.25) is 4.90 Å². The van der Waals surface area contributed by atoms with E-state index in [9.17, 15) is 8.78 Å². The van der Waals surface area contributed by atoms with Crippen LogP contribution in [-0.4, -0.2) is 60.3 Å². The molecule has 2 aliphatic rings. The van der Waals surface area contributed by atoms with E-state index in [0.717, 1.165) is 52.2 Å². The zero-order valence-electron chi connectivity index (χ0n) is 17.2. The Morgan fingerprint density at radius 2 is 1.81 bits per heavy atom.